The van der Waals surface area contributed by atoms with Crippen LogP contribution in [0.5, 0.6) is 0 Å². The number of amides is 2. The molecule has 0 fully saturated rings. The molecule has 7 nitrogen and oxygen atoms in total. The third-order valence-corrected chi connectivity index (χ3v) is 7.56. The average molecular weight is 468 g/mol. The Labute approximate surface area is 190 Å². The Balaban J connectivity index is 1.48. The molecule has 1 aliphatic heterocycles. The number of hydrogen-bond acceptors (Lipinski definition) is 5. The van der Waals surface area contributed by atoms with Crippen LogP contribution in [0, 0.1) is 0 Å². The second-order valence-electron chi connectivity index (χ2n) is 7.29. The standard InChI is InChI=1S/C23H21N3O4S2/c1-15-23(28)26(2)20-14-16(8-13-21(20)31-15)22(27)24-17-9-11-19(12-10-17)32(29,30)25-18-6-4-3-5-7-18/h3-15,25H,1-2H3,(H,24,27). The first-order chi connectivity index (χ1) is 15.2. The van der Waals surface area contributed by atoms with Crippen molar-refractivity contribution in [3.8, 4) is 0 Å². The minimum atomic E-state index is -3.74. The molecule has 0 aromatic heterocycles. The maximum atomic E-state index is 12.7. The third kappa shape index (κ3) is 4.49. The third-order valence-electron chi connectivity index (χ3n) is 5.01. The minimum Gasteiger partial charge on any atom is -0.322 e. The van der Waals surface area contributed by atoms with Crippen molar-refractivity contribution in [1.82, 2.24) is 0 Å². The molecule has 2 N–H and O–H groups in total. The Morgan fingerprint density at radius 3 is 2.34 bits per heavy atom. The van der Waals surface area contributed by atoms with Crippen molar-refractivity contribution in [3.05, 3.63) is 78.4 Å². The summed E-state index contributed by atoms with van der Waals surface area (Å²) < 4.78 is 27.6. The van der Waals surface area contributed by atoms with Gasteiger partial charge in [0, 0.05) is 28.9 Å². The molecule has 9 heteroatoms. The van der Waals surface area contributed by atoms with Crippen molar-refractivity contribution in [2.45, 2.75) is 22.0 Å². The first kappa shape index (κ1) is 21.9. The molecule has 1 aliphatic rings. The van der Waals surface area contributed by atoms with Crippen molar-refractivity contribution in [2.24, 2.45) is 0 Å². The number of sulfonamides is 1. The lowest BCUT2D eigenvalue weighted by Crippen LogP contribution is -2.36. The van der Waals surface area contributed by atoms with E-state index >= 15 is 0 Å². The van der Waals surface area contributed by atoms with Crippen molar-refractivity contribution >= 4 is 50.7 Å². The van der Waals surface area contributed by atoms with Crippen molar-refractivity contribution in [3.63, 3.8) is 0 Å². The molecular weight excluding hydrogens is 446 g/mol. The highest BCUT2D eigenvalue weighted by Crippen LogP contribution is 2.38. The highest BCUT2D eigenvalue weighted by Gasteiger charge is 2.28. The SMILES string of the molecule is CC1Sc2ccc(C(=O)Nc3ccc(S(=O)(=O)Nc4ccccc4)cc3)cc2N(C)C1=O. The smallest absolute Gasteiger partial charge is 0.261 e. The Hall–Kier alpha value is -3.30. The van der Waals surface area contributed by atoms with E-state index in [0.717, 1.165) is 4.90 Å². The van der Waals surface area contributed by atoms with Crippen LogP contribution in [-0.2, 0) is 14.8 Å². The number of thioether (sulfide) groups is 1. The normalized spacial score (nSPS) is 15.8. The van der Waals surface area contributed by atoms with Crippen molar-refractivity contribution in [2.75, 3.05) is 22.0 Å². The lowest BCUT2D eigenvalue weighted by Gasteiger charge is -2.29. The van der Waals surface area contributed by atoms with Crippen LogP contribution in [0.1, 0.15) is 17.3 Å². The van der Waals surface area contributed by atoms with Crippen LogP contribution in [0.4, 0.5) is 17.1 Å². The summed E-state index contributed by atoms with van der Waals surface area (Å²) in [5.74, 6) is -0.365. The Morgan fingerprint density at radius 2 is 1.66 bits per heavy atom. The number of carbonyl (C=O) groups is 2. The summed E-state index contributed by atoms with van der Waals surface area (Å²) in [6.07, 6.45) is 0. The zero-order valence-electron chi connectivity index (χ0n) is 17.4. The van der Waals surface area contributed by atoms with E-state index in [2.05, 4.69) is 10.0 Å². The number of rotatable bonds is 5. The summed E-state index contributed by atoms with van der Waals surface area (Å²) in [5, 5.41) is 2.60. The minimum absolute atomic E-state index is 0.0130. The van der Waals surface area contributed by atoms with E-state index in [1.807, 2.05) is 13.0 Å². The van der Waals surface area contributed by atoms with Gasteiger partial charge in [0.05, 0.1) is 15.8 Å². The van der Waals surface area contributed by atoms with Crippen LogP contribution >= 0.6 is 11.8 Å². The van der Waals surface area contributed by atoms with E-state index in [-0.39, 0.29) is 22.0 Å². The summed E-state index contributed by atoms with van der Waals surface area (Å²) in [6.45, 7) is 1.85. The van der Waals surface area contributed by atoms with Gasteiger partial charge in [-0.15, -0.1) is 11.8 Å². The molecule has 4 rings (SSSR count). The zero-order valence-corrected chi connectivity index (χ0v) is 19.0. The first-order valence-corrected chi connectivity index (χ1v) is 12.2. The average Bonchev–Trinajstić information content (AvgIpc) is 2.78. The highest BCUT2D eigenvalue weighted by molar-refractivity contribution is 8.01. The fraction of sp³-hybridized carbons (Fsp3) is 0.130. The highest BCUT2D eigenvalue weighted by atomic mass is 32.2. The number of para-hydroxylation sites is 1. The van der Waals surface area contributed by atoms with Gasteiger partial charge < -0.3 is 10.2 Å². The van der Waals surface area contributed by atoms with E-state index in [1.54, 1.807) is 54.4 Å². The molecule has 0 bridgehead atoms. The van der Waals surface area contributed by atoms with Crippen LogP contribution < -0.4 is 14.9 Å². The van der Waals surface area contributed by atoms with Crippen LogP contribution in [0.2, 0.25) is 0 Å². The molecule has 32 heavy (non-hydrogen) atoms. The van der Waals surface area contributed by atoms with Gasteiger partial charge in [0.2, 0.25) is 5.91 Å². The Morgan fingerprint density at radius 1 is 0.969 bits per heavy atom. The quantitative estimate of drug-likeness (QED) is 0.586. The lowest BCUT2D eigenvalue weighted by atomic mass is 10.1. The van der Waals surface area contributed by atoms with Crippen LogP contribution in [0.15, 0.2) is 82.6 Å². The van der Waals surface area contributed by atoms with Gasteiger partial charge in [0.25, 0.3) is 15.9 Å². The monoisotopic (exact) mass is 467 g/mol. The topological polar surface area (TPSA) is 95.6 Å². The molecule has 1 unspecified atom stereocenters. The number of anilines is 3. The van der Waals surface area contributed by atoms with Crippen LogP contribution in [0.25, 0.3) is 0 Å². The molecule has 164 valence electrons. The summed E-state index contributed by atoms with van der Waals surface area (Å²) in [4.78, 5) is 27.5. The van der Waals surface area contributed by atoms with Crippen molar-refractivity contribution < 1.29 is 18.0 Å². The molecule has 3 aromatic rings. The fourth-order valence-corrected chi connectivity index (χ4v) is 5.46. The molecule has 1 heterocycles. The number of nitrogens with zero attached hydrogens (tertiary/aromatic N) is 1. The molecule has 2 amide bonds. The van der Waals surface area contributed by atoms with E-state index in [9.17, 15) is 18.0 Å². The second-order valence-corrected chi connectivity index (χ2v) is 10.4. The number of benzene rings is 3. The van der Waals surface area contributed by atoms with Crippen LogP contribution in [0.3, 0.4) is 0 Å². The van der Waals surface area contributed by atoms with E-state index in [4.69, 9.17) is 0 Å². The maximum Gasteiger partial charge on any atom is 0.261 e. The maximum absolute atomic E-state index is 12.7. The molecule has 0 aliphatic carbocycles. The first-order valence-electron chi connectivity index (χ1n) is 9.82. The number of nitrogens with one attached hydrogen (secondary N) is 2. The van der Waals surface area contributed by atoms with Gasteiger partial charge in [0.1, 0.15) is 0 Å². The van der Waals surface area contributed by atoms with Gasteiger partial charge in [-0.05, 0) is 61.5 Å². The number of fused-ring (bicyclic) bond motifs is 1. The van der Waals surface area contributed by atoms with E-state index in [0.29, 0.717) is 22.6 Å². The molecule has 3 aromatic carbocycles. The molecular formula is C23H21N3O4S2. The summed E-state index contributed by atoms with van der Waals surface area (Å²) >= 11 is 1.47. The predicted octanol–water partition coefficient (Wildman–Crippen LogP) is 4.20. The van der Waals surface area contributed by atoms with Gasteiger partial charge in [-0.25, -0.2) is 8.42 Å². The zero-order chi connectivity index (χ0) is 22.9. The van der Waals surface area contributed by atoms with E-state index < -0.39 is 10.0 Å². The van der Waals surface area contributed by atoms with Gasteiger partial charge in [-0.3, -0.25) is 14.3 Å². The summed E-state index contributed by atoms with van der Waals surface area (Å²) in [7, 11) is -2.04. The van der Waals surface area contributed by atoms with Gasteiger partial charge in [-0.2, -0.15) is 0 Å². The van der Waals surface area contributed by atoms with E-state index in [1.165, 1.54) is 36.0 Å². The van der Waals surface area contributed by atoms with Gasteiger partial charge >= 0.3 is 0 Å². The van der Waals surface area contributed by atoms with Crippen molar-refractivity contribution in [1.29, 1.82) is 0 Å². The number of hydrogen-bond donors (Lipinski definition) is 2. The fourth-order valence-electron chi connectivity index (χ4n) is 3.29. The Bertz CT molecular complexity index is 1280. The lowest BCUT2D eigenvalue weighted by molar-refractivity contribution is -0.117. The molecule has 0 radical (unpaired) electrons. The molecule has 0 spiro atoms. The second kappa shape index (κ2) is 8.68. The summed E-state index contributed by atoms with van der Waals surface area (Å²) in [6, 6.07) is 19.7. The Kier molecular flexibility index (Phi) is 5.94. The number of carbonyl (C=O) groups excluding carboxylic acids is 2. The van der Waals surface area contributed by atoms with Crippen LogP contribution in [-0.4, -0.2) is 32.5 Å². The molecule has 1 atom stereocenters. The van der Waals surface area contributed by atoms with Gasteiger partial charge in [-0.1, -0.05) is 18.2 Å². The predicted molar refractivity (Wildman–Crippen MR) is 127 cm³/mol. The molecule has 0 saturated carbocycles. The van der Waals surface area contributed by atoms with Gasteiger partial charge in [0.15, 0.2) is 0 Å². The molecule has 0 saturated heterocycles. The summed E-state index contributed by atoms with van der Waals surface area (Å²) in [5.41, 5.74) is 2.02. The largest absolute Gasteiger partial charge is 0.322 e.